The summed E-state index contributed by atoms with van der Waals surface area (Å²) >= 11 is 0. The number of methoxy groups -OCH3 is 1. The fraction of sp³-hybridized carbons (Fsp3) is 0.333. The lowest BCUT2D eigenvalue weighted by Gasteiger charge is -2.22. The molecule has 3 rings (SSSR count). The Kier molecular flexibility index (Phi) is 5.96. The minimum Gasteiger partial charge on any atom is -0.468 e. The number of benzene rings is 2. The number of rotatable bonds is 7. The molecule has 6 nitrogen and oxygen atoms in total. The predicted octanol–water partition coefficient (Wildman–Crippen LogP) is 2.86. The van der Waals surface area contributed by atoms with E-state index in [0.717, 1.165) is 22.4 Å². The van der Waals surface area contributed by atoms with Gasteiger partial charge in [-0.05, 0) is 42.2 Å². The summed E-state index contributed by atoms with van der Waals surface area (Å²) in [5, 5.41) is 0. The van der Waals surface area contributed by atoms with E-state index in [2.05, 4.69) is 0 Å². The third-order valence-electron chi connectivity index (χ3n) is 4.59. The molecule has 2 aromatic rings. The van der Waals surface area contributed by atoms with Crippen LogP contribution in [0.2, 0.25) is 0 Å². The smallest absolute Gasteiger partial charge is 0.325 e. The van der Waals surface area contributed by atoms with Crippen molar-refractivity contribution >= 4 is 11.9 Å². The van der Waals surface area contributed by atoms with Gasteiger partial charge in [-0.25, -0.2) is 0 Å². The monoisotopic (exact) mass is 369 g/mol. The highest BCUT2D eigenvalue weighted by atomic mass is 16.7. The van der Waals surface area contributed by atoms with Gasteiger partial charge in [0.05, 0.1) is 7.11 Å². The van der Waals surface area contributed by atoms with Gasteiger partial charge in [-0.3, -0.25) is 9.59 Å². The minimum absolute atomic E-state index is 0.0647. The number of esters is 1. The number of hydrogen-bond acceptors (Lipinski definition) is 5. The van der Waals surface area contributed by atoms with Gasteiger partial charge in [0.2, 0.25) is 12.7 Å². The van der Waals surface area contributed by atoms with E-state index in [1.165, 1.54) is 7.11 Å². The van der Waals surface area contributed by atoms with Crippen molar-refractivity contribution < 1.29 is 23.8 Å². The third-order valence-corrected chi connectivity index (χ3v) is 4.59. The molecule has 0 bridgehead atoms. The lowest BCUT2D eigenvalue weighted by Crippen LogP contribution is -2.36. The van der Waals surface area contributed by atoms with Crippen LogP contribution in [0.5, 0.6) is 11.5 Å². The molecule has 0 spiro atoms. The quantitative estimate of drug-likeness (QED) is 0.702. The summed E-state index contributed by atoms with van der Waals surface area (Å²) in [6.45, 7) is 2.52. The Morgan fingerprint density at radius 1 is 1.11 bits per heavy atom. The molecule has 6 heteroatoms. The Labute approximate surface area is 158 Å². The summed E-state index contributed by atoms with van der Waals surface area (Å²) in [5.74, 6) is 0.893. The third kappa shape index (κ3) is 4.78. The first-order chi connectivity index (χ1) is 13.1. The fourth-order valence-electron chi connectivity index (χ4n) is 2.95. The number of ether oxygens (including phenoxy) is 3. The summed E-state index contributed by atoms with van der Waals surface area (Å²) in [4.78, 5) is 26.1. The van der Waals surface area contributed by atoms with E-state index in [9.17, 15) is 9.59 Å². The van der Waals surface area contributed by atoms with Gasteiger partial charge in [-0.1, -0.05) is 30.3 Å². The van der Waals surface area contributed by atoms with Gasteiger partial charge in [0.1, 0.15) is 6.54 Å². The van der Waals surface area contributed by atoms with E-state index < -0.39 is 5.97 Å². The second-order valence-electron chi connectivity index (χ2n) is 6.44. The number of aryl methyl sites for hydroxylation is 2. The number of nitrogens with zero attached hydrogens (tertiary/aromatic N) is 1. The van der Waals surface area contributed by atoms with Gasteiger partial charge in [0.15, 0.2) is 11.5 Å². The highest BCUT2D eigenvalue weighted by Gasteiger charge is 2.19. The standard InChI is InChI=1S/C21H23NO5/c1-15-5-3-4-6-17(15)12-22(13-21(24)25-2)20(23)10-8-16-7-9-18-19(11-16)27-14-26-18/h3-7,9,11H,8,10,12-14H2,1-2H3. The molecule has 0 aliphatic carbocycles. The molecule has 0 atom stereocenters. The second-order valence-corrected chi connectivity index (χ2v) is 6.44. The van der Waals surface area contributed by atoms with Crippen molar-refractivity contribution in [1.82, 2.24) is 4.90 Å². The number of fused-ring (bicyclic) bond motifs is 1. The van der Waals surface area contributed by atoms with Crippen molar-refractivity contribution in [1.29, 1.82) is 0 Å². The van der Waals surface area contributed by atoms with E-state index in [4.69, 9.17) is 14.2 Å². The second kappa shape index (κ2) is 8.58. The van der Waals surface area contributed by atoms with Gasteiger partial charge in [0, 0.05) is 13.0 Å². The molecule has 1 heterocycles. The van der Waals surface area contributed by atoms with Crippen LogP contribution >= 0.6 is 0 Å². The minimum atomic E-state index is -0.431. The molecule has 2 aromatic carbocycles. The van der Waals surface area contributed by atoms with Gasteiger partial charge >= 0.3 is 5.97 Å². The van der Waals surface area contributed by atoms with Crippen LogP contribution in [0.15, 0.2) is 42.5 Å². The Morgan fingerprint density at radius 3 is 2.67 bits per heavy atom. The Bertz CT molecular complexity index is 833. The van der Waals surface area contributed by atoms with Crippen LogP contribution in [0.25, 0.3) is 0 Å². The fourth-order valence-corrected chi connectivity index (χ4v) is 2.95. The molecule has 27 heavy (non-hydrogen) atoms. The van der Waals surface area contributed by atoms with Crippen LogP contribution in [-0.4, -0.2) is 37.2 Å². The number of carbonyl (C=O) groups is 2. The van der Waals surface area contributed by atoms with Crippen LogP contribution in [0.1, 0.15) is 23.1 Å². The summed E-state index contributed by atoms with van der Waals surface area (Å²) in [5.41, 5.74) is 3.08. The van der Waals surface area contributed by atoms with Gasteiger partial charge in [0.25, 0.3) is 0 Å². The van der Waals surface area contributed by atoms with Crippen LogP contribution in [0.3, 0.4) is 0 Å². The van der Waals surface area contributed by atoms with Crippen molar-refractivity contribution in [2.45, 2.75) is 26.3 Å². The summed E-state index contributed by atoms with van der Waals surface area (Å²) in [7, 11) is 1.32. The largest absolute Gasteiger partial charge is 0.468 e. The lowest BCUT2D eigenvalue weighted by molar-refractivity contribution is -0.147. The predicted molar refractivity (Wildman–Crippen MR) is 99.5 cm³/mol. The summed E-state index contributed by atoms with van der Waals surface area (Å²) in [6, 6.07) is 13.5. The maximum absolute atomic E-state index is 12.8. The molecular weight excluding hydrogens is 346 g/mol. The van der Waals surface area contributed by atoms with Crippen LogP contribution < -0.4 is 9.47 Å². The molecule has 0 saturated carbocycles. The first kappa shape index (κ1) is 18.8. The number of carbonyl (C=O) groups excluding carboxylic acids is 2. The Morgan fingerprint density at radius 2 is 1.89 bits per heavy atom. The molecule has 0 radical (unpaired) electrons. The molecular formula is C21H23NO5. The maximum Gasteiger partial charge on any atom is 0.325 e. The molecule has 0 unspecified atom stereocenters. The van der Waals surface area contributed by atoms with Crippen LogP contribution in [0, 0.1) is 6.92 Å². The van der Waals surface area contributed by atoms with Crippen molar-refractivity contribution in [2.75, 3.05) is 20.4 Å². The molecule has 1 aliphatic rings. The van der Waals surface area contributed by atoms with Crippen LogP contribution in [0.4, 0.5) is 0 Å². The number of amides is 1. The first-order valence-corrected chi connectivity index (χ1v) is 8.84. The molecule has 0 aromatic heterocycles. The van der Waals surface area contributed by atoms with Gasteiger partial charge < -0.3 is 19.1 Å². The SMILES string of the molecule is COC(=O)CN(Cc1ccccc1C)C(=O)CCc1ccc2c(c1)OCO2. The Hall–Kier alpha value is -3.02. The van der Waals surface area contributed by atoms with Crippen molar-refractivity contribution in [3.8, 4) is 11.5 Å². The van der Waals surface area contributed by atoms with Crippen molar-refractivity contribution in [3.63, 3.8) is 0 Å². The summed E-state index contributed by atoms with van der Waals surface area (Å²) < 4.78 is 15.4. The van der Waals surface area contributed by atoms with E-state index >= 15 is 0 Å². The maximum atomic E-state index is 12.8. The molecule has 0 saturated heterocycles. The average molecular weight is 369 g/mol. The molecule has 0 fully saturated rings. The van der Waals surface area contributed by atoms with Crippen LogP contribution in [-0.2, 0) is 27.3 Å². The van der Waals surface area contributed by atoms with E-state index in [1.54, 1.807) is 4.90 Å². The normalized spacial score (nSPS) is 11.9. The molecule has 142 valence electrons. The van der Waals surface area contributed by atoms with E-state index in [0.29, 0.717) is 25.1 Å². The highest BCUT2D eigenvalue weighted by molar-refractivity contribution is 5.82. The average Bonchev–Trinajstić information content (AvgIpc) is 3.14. The molecule has 0 N–H and O–H groups in total. The van der Waals surface area contributed by atoms with Crippen molar-refractivity contribution in [3.05, 3.63) is 59.2 Å². The lowest BCUT2D eigenvalue weighted by atomic mass is 10.1. The topological polar surface area (TPSA) is 65.1 Å². The first-order valence-electron chi connectivity index (χ1n) is 8.84. The highest BCUT2D eigenvalue weighted by Crippen LogP contribution is 2.32. The van der Waals surface area contributed by atoms with E-state index in [1.807, 2.05) is 49.4 Å². The van der Waals surface area contributed by atoms with E-state index in [-0.39, 0.29) is 19.2 Å². The number of hydrogen-bond donors (Lipinski definition) is 0. The zero-order valence-corrected chi connectivity index (χ0v) is 15.6. The zero-order chi connectivity index (χ0) is 19.2. The Balaban J connectivity index is 1.66. The van der Waals surface area contributed by atoms with Crippen molar-refractivity contribution in [2.24, 2.45) is 0 Å². The molecule has 1 amide bonds. The van der Waals surface area contributed by atoms with Gasteiger partial charge in [-0.2, -0.15) is 0 Å². The summed E-state index contributed by atoms with van der Waals surface area (Å²) in [6.07, 6.45) is 0.851. The van der Waals surface area contributed by atoms with Gasteiger partial charge in [-0.15, -0.1) is 0 Å². The molecule has 1 aliphatic heterocycles. The zero-order valence-electron chi connectivity index (χ0n) is 15.6.